The van der Waals surface area contributed by atoms with E-state index in [1.807, 2.05) is 0 Å². The summed E-state index contributed by atoms with van der Waals surface area (Å²) in [6.45, 7) is 11.9. The lowest BCUT2D eigenvalue weighted by Gasteiger charge is -2.40. The van der Waals surface area contributed by atoms with Crippen molar-refractivity contribution in [2.75, 3.05) is 13.1 Å². The lowest BCUT2D eigenvalue weighted by atomic mass is 9.95. The molecule has 1 saturated heterocycles. The molecule has 12 heavy (non-hydrogen) atoms. The lowest BCUT2D eigenvalue weighted by molar-refractivity contribution is 0.0916. The van der Waals surface area contributed by atoms with E-state index < -0.39 is 0 Å². The van der Waals surface area contributed by atoms with Crippen LogP contribution < -0.4 is 0 Å². The third kappa shape index (κ3) is 3.14. The fourth-order valence-corrected chi connectivity index (χ4v) is 1.68. The molecule has 0 unspecified atom stereocenters. The Morgan fingerprint density at radius 1 is 1.08 bits per heavy atom. The van der Waals surface area contributed by atoms with Crippen LogP contribution in [0.2, 0.25) is 0 Å². The van der Waals surface area contributed by atoms with Gasteiger partial charge in [0.2, 0.25) is 0 Å². The molecule has 1 heteroatoms. The molecule has 1 fully saturated rings. The van der Waals surface area contributed by atoms with Crippen LogP contribution in [-0.2, 0) is 0 Å². The largest absolute Gasteiger partial charge is 0.298 e. The van der Waals surface area contributed by atoms with E-state index in [4.69, 9.17) is 0 Å². The third-order valence-electron chi connectivity index (χ3n) is 2.73. The van der Waals surface area contributed by atoms with E-state index >= 15 is 0 Å². The van der Waals surface area contributed by atoms with E-state index in [1.54, 1.807) is 0 Å². The van der Waals surface area contributed by atoms with Crippen LogP contribution in [0.3, 0.4) is 0 Å². The van der Waals surface area contributed by atoms with Crippen LogP contribution in [0.15, 0.2) is 0 Å². The van der Waals surface area contributed by atoms with Crippen LogP contribution in [0.5, 0.6) is 0 Å². The minimum absolute atomic E-state index is 0. The van der Waals surface area contributed by atoms with Crippen molar-refractivity contribution in [3.8, 4) is 0 Å². The van der Waals surface area contributed by atoms with Crippen LogP contribution in [0.1, 0.15) is 48.0 Å². The van der Waals surface area contributed by atoms with Crippen LogP contribution in [-0.4, -0.2) is 23.5 Å². The molecule has 1 nitrogen and oxygen atoms in total. The number of hydrogen-bond acceptors (Lipinski definition) is 1. The monoisotopic (exact) mass is 171 g/mol. The highest BCUT2D eigenvalue weighted by atomic mass is 15.2. The molecule has 74 valence electrons. The summed E-state index contributed by atoms with van der Waals surface area (Å²) >= 11 is 0. The molecule has 0 saturated carbocycles. The van der Waals surface area contributed by atoms with Gasteiger partial charge in [0.05, 0.1) is 0 Å². The molecule has 0 aromatic rings. The van der Waals surface area contributed by atoms with Crippen molar-refractivity contribution in [3.05, 3.63) is 0 Å². The van der Waals surface area contributed by atoms with Gasteiger partial charge in [0.15, 0.2) is 0 Å². The van der Waals surface area contributed by atoms with Gasteiger partial charge in [-0.05, 0) is 52.6 Å². The highest BCUT2D eigenvalue weighted by Crippen LogP contribution is 2.22. The number of nitrogens with zero attached hydrogens (tertiary/aromatic N) is 1. The van der Waals surface area contributed by atoms with E-state index in [0.29, 0.717) is 5.54 Å². The predicted molar refractivity (Wildman–Crippen MR) is 56.5 cm³/mol. The summed E-state index contributed by atoms with van der Waals surface area (Å²) in [5, 5.41) is 0. The molecule has 1 aliphatic rings. The maximum Gasteiger partial charge on any atom is 0.0125 e. The molecule has 0 N–H and O–H groups in total. The number of hydrogen-bond donors (Lipinski definition) is 0. The Morgan fingerprint density at radius 2 is 1.50 bits per heavy atom. The van der Waals surface area contributed by atoms with Crippen molar-refractivity contribution >= 4 is 0 Å². The van der Waals surface area contributed by atoms with Gasteiger partial charge in [0, 0.05) is 5.54 Å². The summed E-state index contributed by atoms with van der Waals surface area (Å²) in [7, 11) is 0. The van der Waals surface area contributed by atoms with Crippen molar-refractivity contribution in [2.24, 2.45) is 5.92 Å². The highest BCUT2D eigenvalue weighted by molar-refractivity contribution is 4.80. The highest BCUT2D eigenvalue weighted by Gasteiger charge is 2.24. The van der Waals surface area contributed by atoms with Crippen LogP contribution in [0.4, 0.5) is 0 Å². The zero-order valence-electron chi connectivity index (χ0n) is 8.35. The Morgan fingerprint density at radius 3 is 1.83 bits per heavy atom. The molecule has 1 heterocycles. The molecular formula is C11H25N. The molecule has 0 aliphatic carbocycles. The molecule has 0 radical (unpaired) electrons. The van der Waals surface area contributed by atoms with Crippen molar-refractivity contribution in [3.63, 3.8) is 0 Å². The van der Waals surface area contributed by atoms with Gasteiger partial charge in [0.25, 0.3) is 0 Å². The molecule has 0 aromatic heterocycles. The second-order valence-electron chi connectivity index (χ2n) is 4.84. The normalized spacial score (nSPS) is 22.0. The number of rotatable bonds is 0. The summed E-state index contributed by atoms with van der Waals surface area (Å²) in [5.41, 5.74) is 0.389. The molecular weight excluding hydrogens is 146 g/mol. The maximum atomic E-state index is 2.59. The molecule has 0 bridgehead atoms. The second kappa shape index (κ2) is 4.27. The Hall–Kier alpha value is -0.0400. The van der Waals surface area contributed by atoms with Crippen molar-refractivity contribution in [2.45, 2.75) is 53.5 Å². The Kier molecular flexibility index (Phi) is 4.25. The van der Waals surface area contributed by atoms with Crippen LogP contribution >= 0.6 is 0 Å². The van der Waals surface area contributed by atoms with Crippen molar-refractivity contribution in [1.82, 2.24) is 4.90 Å². The summed E-state index contributed by atoms with van der Waals surface area (Å²) in [4.78, 5) is 2.59. The predicted octanol–water partition coefficient (Wildman–Crippen LogP) is 3.15. The first kappa shape index (κ1) is 12.0. The molecule has 0 spiro atoms. The van der Waals surface area contributed by atoms with Crippen molar-refractivity contribution in [1.29, 1.82) is 0 Å². The van der Waals surface area contributed by atoms with E-state index in [2.05, 4.69) is 32.6 Å². The van der Waals surface area contributed by atoms with Gasteiger partial charge >= 0.3 is 0 Å². The average molecular weight is 171 g/mol. The number of likely N-dealkylation sites (tertiary alicyclic amines) is 1. The van der Waals surface area contributed by atoms with Gasteiger partial charge in [-0.3, -0.25) is 4.90 Å². The molecule has 1 rings (SSSR count). The van der Waals surface area contributed by atoms with E-state index in [-0.39, 0.29) is 7.43 Å². The first-order valence-electron chi connectivity index (χ1n) is 4.75. The van der Waals surface area contributed by atoms with Gasteiger partial charge in [-0.15, -0.1) is 0 Å². The molecule has 0 aromatic carbocycles. The first-order chi connectivity index (χ1) is 5.00. The van der Waals surface area contributed by atoms with Gasteiger partial charge in [-0.1, -0.05) is 14.4 Å². The maximum absolute atomic E-state index is 2.59. The van der Waals surface area contributed by atoms with Gasteiger partial charge < -0.3 is 0 Å². The zero-order valence-corrected chi connectivity index (χ0v) is 8.35. The van der Waals surface area contributed by atoms with Gasteiger partial charge in [-0.2, -0.15) is 0 Å². The average Bonchev–Trinajstić information content (AvgIpc) is 1.86. The quantitative estimate of drug-likeness (QED) is 0.541. The van der Waals surface area contributed by atoms with Gasteiger partial charge in [-0.25, -0.2) is 0 Å². The Bertz CT molecular complexity index is 115. The van der Waals surface area contributed by atoms with Crippen molar-refractivity contribution < 1.29 is 0 Å². The second-order valence-corrected chi connectivity index (χ2v) is 4.84. The Labute approximate surface area is 78.1 Å². The summed E-state index contributed by atoms with van der Waals surface area (Å²) in [5.74, 6) is 0.952. The minimum atomic E-state index is 0. The first-order valence-corrected chi connectivity index (χ1v) is 4.75. The molecule has 1 aliphatic heterocycles. The summed E-state index contributed by atoms with van der Waals surface area (Å²) in [6.07, 6.45) is 2.77. The Balaban J connectivity index is 0.00000121. The van der Waals surface area contributed by atoms with Gasteiger partial charge in [0.1, 0.15) is 0 Å². The van der Waals surface area contributed by atoms with Crippen LogP contribution in [0, 0.1) is 5.92 Å². The van der Waals surface area contributed by atoms with E-state index in [0.717, 1.165) is 5.92 Å². The van der Waals surface area contributed by atoms with Crippen LogP contribution in [0.25, 0.3) is 0 Å². The van der Waals surface area contributed by atoms with E-state index in [9.17, 15) is 0 Å². The zero-order chi connectivity index (χ0) is 8.48. The lowest BCUT2D eigenvalue weighted by Crippen LogP contribution is -2.45. The SMILES string of the molecule is C.CC1CCN(C(C)(C)C)CC1. The van der Waals surface area contributed by atoms with E-state index in [1.165, 1.54) is 25.9 Å². The number of piperidine rings is 1. The fourth-order valence-electron chi connectivity index (χ4n) is 1.68. The smallest absolute Gasteiger partial charge is 0.0125 e. The standard InChI is InChI=1S/C10H21N.CH4/c1-9-5-7-11(8-6-9)10(2,3)4;/h9H,5-8H2,1-4H3;1H4. The summed E-state index contributed by atoms with van der Waals surface area (Å²) in [6, 6.07) is 0. The minimum Gasteiger partial charge on any atom is -0.298 e. The molecule has 0 atom stereocenters. The third-order valence-corrected chi connectivity index (χ3v) is 2.73. The topological polar surface area (TPSA) is 3.24 Å². The fraction of sp³-hybridized carbons (Fsp3) is 1.00. The molecule has 0 amide bonds. The summed E-state index contributed by atoms with van der Waals surface area (Å²) < 4.78 is 0.